The molecular weight excluding hydrogens is 444 g/mol. The average Bonchev–Trinajstić information content (AvgIpc) is 2.80. The molecule has 0 atom stereocenters. The smallest absolute Gasteiger partial charge is 0.266 e. The fourth-order valence-corrected chi connectivity index (χ4v) is 4.52. The van der Waals surface area contributed by atoms with Crippen molar-refractivity contribution in [3.05, 3.63) is 94.3 Å². The van der Waals surface area contributed by atoms with Crippen LogP contribution in [-0.2, 0) is 4.79 Å². The lowest BCUT2D eigenvalue weighted by Gasteiger charge is -2.23. The maximum Gasteiger partial charge on any atom is 0.266 e. The number of aromatic nitrogens is 2. The number of aryl methyl sites for hydroxylation is 1. The maximum atomic E-state index is 14.6. The number of amides is 1. The second-order valence-electron chi connectivity index (χ2n) is 7.36. The summed E-state index contributed by atoms with van der Waals surface area (Å²) >= 11 is 1.04. The zero-order chi connectivity index (χ0) is 23.5. The Morgan fingerprint density at radius 2 is 1.79 bits per heavy atom. The third kappa shape index (κ3) is 4.52. The summed E-state index contributed by atoms with van der Waals surface area (Å²) in [5.41, 5.74) is 1.58. The molecule has 0 bridgehead atoms. The van der Waals surface area contributed by atoms with E-state index in [2.05, 4.69) is 4.98 Å². The van der Waals surface area contributed by atoms with Crippen LogP contribution in [-0.4, -0.2) is 27.8 Å². The fraction of sp³-hybridized carbons (Fsp3) is 0.160. The molecule has 0 aliphatic heterocycles. The average molecular weight is 466 g/mol. The summed E-state index contributed by atoms with van der Waals surface area (Å²) in [4.78, 5) is 32.5. The van der Waals surface area contributed by atoms with E-state index in [1.807, 2.05) is 38.1 Å². The third-order valence-electron chi connectivity index (χ3n) is 5.24. The summed E-state index contributed by atoms with van der Waals surface area (Å²) in [5, 5.41) is 0.449. The Hall–Kier alpha value is -3.52. The number of thioether (sulfide) groups is 1. The van der Waals surface area contributed by atoms with Crippen molar-refractivity contribution >= 4 is 34.3 Å². The number of fused-ring (bicyclic) bond motifs is 1. The highest BCUT2D eigenvalue weighted by atomic mass is 32.2. The molecule has 0 radical (unpaired) electrons. The Labute approximate surface area is 193 Å². The molecule has 0 aliphatic carbocycles. The number of anilines is 1. The Balaban J connectivity index is 1.75. The van der Waals surface area contributed by atoms with E-state index in [1.54, 1.807) is 29.2 Å². The third-order valence-corrected chi connectivity index (χ3v) is 6.17. The van der Waals surface area contributed by atoms with Gasteiger partial charge in [-0.1, -0.05) is 42.1 Å². The summed E-state index contributed by atoms with van der Waals surface area (Å²) in [7, 11) is 0. The zero-order valence-corrected chi connectivity index (χ0v) is 18.9. The van der Waals surface area contributed by atoms with Gasteiger partial charge in [0, 0.05) is 18.3 Å². The van der Waals surface area contributed by atoms with Gasteiger partial charge in [-0.15, -0.1) is 0 Å². The Kier molecular flexibility index (Phi) is 6.55. The molecule has 4 aromatic rings. The van der Waals surface area contributed by atoms with E-state index in [4.69, 9.17) is 0 Å². The molecular formula is C25H21F2N3O2S. The lowest BCUT2D eigenvalue weighted by atomic mass is 10.2. The first-order chi connectivity index (χ1) is 15.9. The van der Waals surface area contributed by atoms with Gasteiger partial charge in [-0.3, -0.25) is 14.2 Å². The van der Waals surface area contributed by atoms with Crippen molar-refractivity contribution in [1.29, 1.82) is 0 Å². The van der Waals surface area contributed by atoms with Gasteiger partial charge in [-0.25, -0.2) is 13.8 Å². The van der Waals surface area contributed by atoms with Crippen LogP contribution in [0.15, 0.2) is 76.7 Å². The van der Waals surface area contributed by atoms with Crippen molar-refractivity contribution in [3.63, 3.8) is 0 Å². The van der Waals surface area contributed by atoms with Crippen LogP contribution in [0.3, 0.4) is 0 Å². The summed E-state index contributed by atoms with van der Waals surface area (Å²) in [6, 6.07) is 17.3. The SMILES string of the molecule is CCN(C(=O)CSc1nc2ccccc2c(=O)n1-c1ccc(F)cc1F)c1ccccc1C. The number of carbonyl (C=O) groups excluding carboxylic acids is 1. The van der Waals surface area contributed by atoms with Gasteiger partial charge in [0.25, 0.3) is 5.56 Å². The van der Waals surface area contributed by atoms with E-state index in [1.165, 1.54) is 6.07 Å². The molecule has 5 nitrogen and oxygen atoms in total. The summed E-state index contributed by atoms with van der Waals surface area (Å²) < 4.78 is 29.2. The van der Waals surface area contributed by atoms with Gasteiger partial charge in [0.1, 0.15) is 11.6 Å². The number of hydrogen-bond acceptors (Lipinski definition) is 4. The number of halogens is 2. The molecule has 0 spiro atoms. The molecule has 3 aromatic carbocycles. The van der Waals surface area contributed by atoms with Gasteiger partial charge >= 0.3 is 0 Å². The van der Waals surface area contributed by atoms with Crippen LogP contribution in [0.1, 0.15) is 12.5 Å². The van der Waals surface area contributed by atoms with E-state index >= 15 is 0 Å². The van der Waals surface area contributed by atoms with Gasteiger partial charge in [0.2, 0.25) is 5.91 Å². The van der Waals surface area contributed by atoms with Gasteiger partial charge in [0.15, 0.2) is 5.16 Å². The van der Waals surface area contributed by atoms with E-state index in [0.29, 0.717) is 23.5 Å². The van der Waals surface area contributed by atoms with E-state index in [0.717, 1.165) is 33.6 Å². The Morgan fingerprint density at radius 3 is 2.52 bits per heavy atom. The molecule has 8 heteroatoms. The van der Waals surface area contributed by atoms with E-state index in [-0.39, 0.29) is 22.5 Å². The molecule has 1 amide bonds. The van der Waals surface area contributed by atoms with Crippen molar-refractivity contribution in [2.75, 3.05) is 17.2 Å². The second kappa shape index (κ2) is 9.54. The Bertz CT molecular complexity index is 1400. The number of hydrogen-bond donors (Lipinski definition) is 0. The topological polar surface area (TPSA) is 55.2 Å². The lowest BCUT2D eigenvalue weighted by molar-refractivity contribution is -0.116. The van der Waals surface area contributed by atoms with Crippen molar-refractivity contribution < 1.29 is 13.6 Å². The highest BCUT2D eigenvalue weighted by Crippen LogP contribution is 2.25. The minimum absolute atomic E-state index is 0.0181. The van der Waals surface area contributed by atoms with Crippen molar-refractivity contribution in [1.82, 2.24) is 9.55 Å². The standard InChI is InChI=1S/C25H21F2N3O2S/c1-3-29(21-11-7-4-8-16(21)2)23(31)15-33-25-28-20-10-6-5-9-18(20)24(32)30(25)22-13-12-17(26)14-19(22)27/h4-14H,3,15H2,1-2H3. The molecule has 0 unspecified atom stereocenters. The molecule has 168 valence electrons. The van der Waals surface area contributed by atoms with Crippen molar-refractivity contribution in [3.8, 4) is 5.69 Å². The highest BCUT2D eigenvalue weighted by molar-refractivity contribution is 7.99. The highest BCUT2D eigenvalue weighted by Gasteiger charge is 2.20. The largest absolute Gasteiger partial charge is 0.312 e. The molecule has 1 aromatic heterocycles. The molecule has 0 saturated heterocycles. The molecule has 33 heavy (non-hydrogen) atoms. The number of para-hydroxylation sites is 2. The van der Waals surface area contributed by atoms with Gasteiger partial charge < -0.3 is 4.90 Å². The molecule has 0 saturated carbocycles. The zero-order valence-electron chi connectivity index (χ0n) is 18.1. The number of rotatable bonds is 6. The number of nitrogens with zero attached hydrogens (tertiary/aromatic N) is 3. The van der Waals surface area contributed by atoms with Crippen molar-refractivity contribution in [2.45, 2.75) is 19.0 Å². The minimum atomic E-state index is -0.891. The molecule has 4 rings (SSSR count). The van der Waals surface area contributed by atoms with Crippen molar-refractivity contribution in [2.24, 2.45) is 0 Å². The van der Waals surface area contributed by atoms with Crippen LogP contribution in [0, 0.1) is 18.6 Å². The quantitative estimate of drug-likeness (QED) is 0.293. The van der Waals surface area contributed by atoms with Crippen LogP contribution in [0.4, 0.5) is 14.5 Å². The molecule has 0 fully saturated rings. The maximum absolute atomic E-state index is 14.6. The van der Waals surface area contributed by atoms with Gasteiger partial charge in [-0.2, -0.15) is 0 Å². The van der Waals surface area contributed by atoms with Crippen LogP contribution >= 0.6 is 11.8 Å². The van der Waals surface area contributed by atoms with Gasteiger partial charge in [0.05, 0.1) is 22.3 Å². The number of carbonyl (C=O) groups is 1. The normalized spacial score (nSPS) is 11.0. The molecule has 1 heterocycles. The fourth-order valence-electron chi connectivity index (χ4n) is 3.64. The van der Waals surface area contributed by atoms with Crippen LogP contribution in [0.5, 0.6) is 0 Å². The van der Waals surface area contributed by atoms with E-state index in [9.17, 15) is 18.4 Å². The Morgan fingerprint density at radius 1 is 1.06 bits per heavy atom. The first-order valence-corrected chi connectivity index (χ1v) is 11.3. The van der Waals surface area contributed by atoms with Crippen LogP contribution < -0.4 is 10.5 Å². The minimum Gasteiger partial charge on any atom is -0.312 e. The first kappa shape index (κ1) is 22.7. The van der Waals surface area contributed by atoms with Crippen LogP contribution in [0.2, 0.25) is 0 Å². The monoisotopic (exact) mass is 465 g/mol. The predicted octanol–water partition coefficient (Wildman–Crippen LogP) is 5.12. The summed E-state index contributed by atoms with van der Waals surface area (Å²) in [6.07, 6.45) is 0. The van der Waals surface area contributed by atoms with E-state index < -0.39 is 17.2 Å². The lowest BCUT2D eigenvalue weighted by Crippen LogP contribution is -2.33. The predicted molar refractivity (Wildman–Crippen MR) is 127 cm³/mol. The molecule has 0 aliphatic rings. The second-order valence-corrected chi connectivity index (χ2v) is 8.30. The first-order valence-electron chi connectivity index (χ1n) is 10.4. The number of benzene rings is 3. The van der Waals surface area contributed by atoms with Crippen LogP contribution in [0.25, 0.3) is 16.6 Å². The van der Waals surface area contributed by atoms with Gasteiger partial charge in [-0.05, 0) is 49.7 Å². The summed E-state index contributed by atoms with van der Waals surface area (Å²) in [5.74, 6) is -1.84. The molecule has 0 N–H and O–H groups in total. The summed E-state index contributed by atoms with van der Waals surface area (Å²) in [6.45, 7) is 4.28.